The summed E-state index contributed by atoms with van der Waals surface area (Å²) in [5, 5.41) is 51.9. The van der Waals surface area contributed by atoms with Gasteiger partial charge in [0.2, 0.25) is 11.8 Å². The van der Waals surface area contributed by atoms with Crippen LogP contribution >= 0.6 is 0 Å². The number of rotatable bonds is 10. The normalized spacial score (nSPS) is 22.7. The molecule has 1 aromatic carbocycles. The number of nitro groups is 1. The van der Waals surface area contributed by atoms with Crippen LogP contribution in [0.5, 0.6) is 0 Å². The minimum atomic E-state index is -1.09. The van der Waals surface area contributed by atoms with Crippen LogP contribution in [0.15, 0.2) is 57.5 Å². The van der Waals surface area contributed by atoms with Crippen molar-refractivity contribution in [1.82, 2.24) is 0 Å². The van der Waals surface area contributed by atoms with Gasteiger partial charge in [-0.1, -0.05) is 11.6 Å². The van der Waals surface area contributed by atoms with Crippen molar-refractivity contribution in [2.45, 2.75) is 38.9 Å². The lowest BCUT2D eigenvalue weighted by Crippen LogP contribution is -2.39. The average Bonchev–Trinajstić information content (AvgIpc) is 3.47. The van der Waals surface area contributed by atoms with Gasteiger partial charge >= 0.3 is 0 Å². The molecule has 0 radical (unpaired) electrons. The highest BCUT2D eigenvalue weighted by molar-refractivity contribution is 6.22. The fourth-order valence-electron chi connectivity index (χ4n) is 5.50. The number of hydrogen-bond acceptors (Lipinski definition) is 9. The number of allylic oxidation sites excluding steroid dienone is 1. The molecule has 202 valence electrons. The van der Waals surface area contributed by atoms with Crippen molar-refractivity contribution in [2.75, 3.05) is 18.1 Å². The number of imide groups is 1. The van der Waals surface area contributed by atoms with E-state index >= 15 is 0 Å². The summed E-state index contributed by atoms with van der Waals surface area (Å²) in [4.78, 5) is 38.3. The molecule has 38 heavy (non-hydrogen) atoms. The Labute approximate surface area is 218 Å². The molecule has 4 N–H and O–H groups in total. The molecule has 2 heterocycles. The monoisotopic (exact) mass is 526 g/mol. The largest absolute Gasteiger partial charge is 0.459 e. The number of carbonyl (C=O) groups excluding carboxylic acids is 2. The van der Waals surface area contributed by atoms with Gasteiger partial charge in [0, 0.05) is 18.1 Å². The molecule has 1 saturated heterocycles. The molecule has 1 fully saturated rings. The van der Waals surface area contributed by atoms with E-state index in [2.05, 4.69) is 0 Å². The fraction of sp³-hybridized carbons (Fsp3) is 0.407. The van der Waals surface area contributed by atoms with Gasteiger partial charge in [-0.15, -0.1) is 0 Å². The van der Waals surface area contributed by atoms with Crippen molar-refractivity contribution in [2.24, 2.45) is 17.8 Å². The van der Waals surface area contributed by atoms with Crippen molar-refractivity contribution in [3.05, 3.63) is 74.8 Å². The highest BCUT2D eigenvalue weighted by atomic mass is 16.6. The van der Waals surface area contributed by atoms with Crippen molar-refractivity contribution < 1.29 is 39.4 Å². The van der Waals surface area contributed by atoms with E-state index in [-0.39, 0.29) is 30.8 Å². The molecule has 2 aromatic rings. The number of aliphatic hydroxyl groups excluding tert-OH is 4. The average molecular weight is 527 g/mol. The maximum Gasteiger partial charge on any atom is 0.271 e. The van der Waals surface area contributed by atoms with Gasteiger partial charge < -0.3 is 24.8 Å². The summed E-state index contributed by atoms with van der Waals surface area (Å²) in [5.41, 5.74) is 1.43. The van der Waals surface area contributed by atoms with Crippen LogP contribution in [-0.2, 0) is 16.2 Å². The SMILES string of the molecule is C/C(=C\c1ccc(CO)o1)CC[C@@H](O)C1=C(CO)C[C@H]2C(=O)N(c3cccc([N+](=O)[O-])c3)C(=O)[C@H]2[C@H]1CO. The van der Waals surface area contributed by atoms with E-state index in [1.165, 1.54) is 18.2 Å². The second kappa shape index (κ2) is 11.4. The number of carbonyl (C=O) groups is 2. The molecule has 4 rings (SSSR count). The number of benzene rings is 1. The van der Waals surface area contributed by atoms with Crippen molar-refractivity contribution in [3.63, 3.8) is 0 Å². The van der Waals surface area contributed by atoms with Gasteiger partial charge in [0.05, 0.1) is 41.8 Å². The maximum absolute atomic E-state index is 13.5. The number of hydrogen-bond donors (Lipinski definition) is 4. The molecular formula is C27H30N2O9. The summed E-state index contributed by atoms with van der Waals surface area (Å²) < 4.78 is 5.46. The summed E-state index contributed by atoms with van der Waals surface area (Å²) >= 11 is 0. The Balaban J connectivity index is 1.57. The summed E-state index contributed by atoms with van der Waals surface area (Å²) in [6.07, 6.45) is 1.41. The second-order valence-electron chi connectivity index (χ2n) is 9.64. The number of nitrogens with zero attached hydrogens (tertiary/aromatic N) is 2. The number of anilines is 1. The van der Waals surface area contributed by atoms with Crippen LogP contribution in [0.25, 0.3) is 6.08 Å². The van der Waals surface area contributed by atoms with Crippen LogP contribution in [-0.4, -0.2) is 56.5 Å². The van der Waals surface area contributed by atoms with Crippen LogP contribution in [0.4, 0.5) is 11.4 Å². The highest BCUT2D eigenvalue weighted by Gasteiger charge is 2.55. The Hall–Kier alpha value is -3.64. The molecule has 11 nitrogen and oxygen atoms in total. The predicted molar refractivity (Wildman–Crippen MR) is 135 cm³/mol. The number of fused-ring (bicyclic) bond motifs is 1. The third kappa shape index (κ3) is 5.18. The van der Waals surface area contributed by atoms with Crippen molar-refractivity contribution >= 4 is 29.3 Å². The zero-order chi connectivity index (χ0) is 27.6. The standard InChI is InChI=1S/C27H30N2O9/c1-15(9-19-6-7-20(13-31)38-19)5-8-23(33)24-16(12-30)10-21-25(22(24)14-32)27(35)28(26(21)34)17-3-2-4-18(11-17)29(36)37/h2-4,6-7,9,11,21-23,25,30-33H,5,8,10,12-14H2,1H3/b15-9+/t21-,22+,23-,25-/m1/s1. The highest BCUT2D eigenvalue weighted by Crippen LogP contribution is 2.47. The Morgan fingerprint density at radius 1 is 1.18 bits per heavy atom. The minimum Gasteiger partial charge on any atom is -0.459 e. The van der Waals surface area contributed by atoms with E-state index in [1.54, 1.807) is 18.2 Å². The van der Waals surface area contributed by atoms with Crippen LogP contribution in [0.3, 0.4) is 0 Å². The number of aliphatic hydroxyl groups is 4. The maximum atomic E-state index is 13.5. The fourth-order valence-corrected chi connectivity index (χ4v) is 5.50. The van der Waals surface area contributed by atoms with Gasteiger partial charge in [-0.25, -0.2) is 4.90 Å². The molecule has 0 bridgehead atoms. The number of non-ortho nitro benzene ring substituents is 1. The van der Waals surface area contributed by atoms with E-state index in [0.717, 1.165) is 16.5 Å². The summed E-state index contributed by atoms with van der Waals surface area (Å²) in [5.74, 6) is -2.90. The molecule has 1 aliphatic heterocycles. The van der Waals surface area contributed by atoms with Gasteiger partial charge in [-0.2, -0.15) is 0 Å². The van der Waals surface area contributed by atoms with Crippen LogP contribution in [0.2, 0.25) is 0 Å². The third-order valence-corrected chi connectivity index (χ3v) is 7.27. The topological polar surface area (TPSA) is 175 Å². The van der Waals surface area contributed by atoms with Gasteiger partial charge in [0.25, 0.3) is 5.69 Å². The Morgan fingerprint density at radius 2 is 1.95 bits per heavy atom. The predicted octanol–water partition coefficient (Wildman–Crippen LogP) is 2.33. The third-order valence-electron chi connectivity index (χ3n) is 7.27. The molecule has 1 aromatic heterocycles. The second-order valence-corrected chi connectivity index (χ2v) is 9.64. The van der Waals surface area contributed by atoms with Crippen molar-refractivity contribution in [1.29, 1.82) is 0 Å². The van der Waals surface area contributed by atoms with E-state index in [4.69, 9.17) is 9.52 Å². The lowest BCUT2D eigenvalue weighted by atomic mass is 9.68. The molecule has 0 spiro atoms. The lowest BCUT2D eigenvalue weighted by molar-refractivity contribution is -0.384. The Morgan fingerprint density at radius 3 is 2.58 bits per heavy atom. The first-order valence-corrected chi connectivity index (χ1v) is 12.3. The summed E-state index contributed by atoms with van der Waals surface area (Å²) in [7, 11) is 0. The van der Waals surface area contributed by atoms with E-state index in [0.29, 0.717) is 29.1 Å². The van der Waals surface area contributed by atoms with Crippen LogP contribution in [0.1, 0.15) is 37.7 Å². The van der Waals surface area contributed by atoms with Crippen LogP contribution < -0.4 is 4.90 Å². The first-order valence-electron chi connectivity index (χ1n) is 12.3. The number of nitro benzene ring substituents is 1. The molecule has 0 unspecified atom stereocenters. The van der Waals surface area contributed by atoms with E-state index in [9.17, 15) is 35.0 Å². The zero-order valence-electron chi connectivity index (χ0n) is 20.8. The summed E-state index contributed by atoms with van der Waals surface area (Å²) in [6.45, 7) is 0.666. The molecular weight excluding hydrogens is 496 g/mol. The minimum absolute atomic E-state index is 0.0329. The first-order chi connectivity index (χ1) is 18.2. The first kappa shape index (κ1) is 27.4. The molecule has 0 saturated carbocycles. The quantitative estimate of drug-likeness (QED) is 0.157. The van der Waals surface area contributed by atoms with Gasteiger partial charge in [-0.3, -0.25) is 19.7 Å². The van der Waals surface area contributed by atoms with Gasteiger partial charge in [-0.05, 0) is 61.6 Å². The number of amides is 2. The molecule has 2 aliphatic rings. The summed E-state index contributed by atoms with van der Waals surface area (Å²) in [6, 6.07) is 8.60. The Bertz CT molecular complexity index is 1290. The van der Waals surface area contributed by atoms with Gasteiger partial charge in [0.1, 0.15) is 18.1 Å². The smallest absolute Gasteiger partial charge is 0.271 e. The van der Waals surface area contributed by atoms with Crippen molar-refractivity contribution in [3.8, 4) is 0 Å². The molecule has 2 amide bonds. The van der Waals surface area contributed by atoms with Crippen LogP contribution in [0, 0.1) is 27.9 Å². The number of furan rings is 1. The molecule has 11 heteroatoms. The molecule has 4 atom stereocenters. The van der Waals surface area contributed by atoms with E-state index < -0.39 is 53.8 Å². The van der Waals surface area contributed by atoms with E-state index in [1.807, 2.05) is 6.92 Å². The zero-order valence-corrected chi connectivity index (χ0v) is 20.8. The molecule has 1 aliphatic carbocycles. The van der Waals surface area contributed by atoms with Gasteiger partial charge in [0.15, 0.2) is 0 Å². The Kier molecular flexibility index (Phi) is 8.22. The lowest BCUT2D eigenvalue weighted by Gasteiger charge is -2.36.